The van der Waals surface area contributed by atoms with Crippen molar-refractivity contribution in [2.45, 2.75) is 52.5 Å². The van der Waals surface area contributed by atoms with Crippen LogP contribution in [-0.2, 0) is 18.9 Å². The molecule has 15 heavy (non-hydrogen) atoms. The quantitative estimate of drug-likeness (QED) is 0.427. The van der Waals surface area contributed by atoms with Gasteiger partial charge in [0.05, 0.1) is 0 Å². The van der Waals surface area contributed by atoms with Gasteiger partial charge in [-0.1, -0.05) is 20.8 Å². The molecule has 1 fully saturated rings. The molecule has 0 aromatic carbocycles. The molecule has 0 saturated carbocycles. The zero-order valence-electron chi connectivity index (χ0n) is 10.7. The molecular formula is C10H22O4Si. The first kappa shape index (κ1) is 13.1. The van der Waals surface area contributed by atoms with Gasteiger partial charge in [0, 0.05) is 7.11 Å². The van der Waals surface area contributed by atoms with Crippen LogP contribution >= 0.6 is 0 Å². The second kappa shape index (κ2) is 3.82. The Morgan fingerprint density at radius 2 is 1.73 bits per heavy atom. The van der Waals surface area contributed by atoms with E-state index >= 15 is 0 Å². The molecule has 0 radical (unpaired) electrons. The van der Waals surface area contributed by atoms with Crippen LogP contribution in [0.15, 0.2) is 0 Å². The number of methoxy groups -OCH3 is 1. The lowest BCUT2D eigenvalue weighted by Crippen LogP contribution is -2.66. The number of hydrogen-bond donors (Lipinski definition) is 0. The molecule has 4 nitrogen and oxygen atoms in total. The minimum atomic E-state index is -1.73. The molecule has 1 rings (SSSR count). The van der Waals surface area contributed by atoms with E-state index < -0.39 is 14.3 Å². The number of rotatable bonds is 3. The molecule has 90 valence electrons. The van der Waals surface area contributed by atoms with Crippen molar-refractivity contribution in [2.24, 2.45) is 5.41 Å². The molecule has 1 aliphatic heterocycles. The molecule has 0 aliphatic carbocycles. The Kier molecular flexibility index (Phi) is 3.34. The maximum Gasteiger partial charge on any atom is 0.333 e. The topological polar surface area (TPSA) is 36.9 Å². The van der Waals surface area contributed by atoms with E-state index in [1.807, 2.05) is 0 Å². The fraction of sp³-hybridized carbons (Fsp3) is 1.00. The fourth-order valence-electron chi connectivity index (χ4n) is 1.53. The van der Waals surface area contributed by atoms with Crippen molar-refractivity contribution >= 4 is 8.32 Å². The van der Waals surface area contributed by atoms with Gasteiger partial charge in [-0.3, -0.25) is 0 Å². The Morgan fingerprint density at radius 1 is 1.20 bits per heavy atom. The minimum Gasteiger partial charge on any atom is -0.366 e. The molecule has 2 atom stereocenters. The Hall–Kier alpha value is 0.0569. The van der Waals surface area contributed by atoms with Gasteiger partial charge >= 0.3 is 5.97 Å². The highest BCUT2D eigenvalue weighted by atomic mass is 28.4. The summed E-state index contributed by atoms with van der Waals surface area (Å²) in [6.07, 6.45) is -0.193. The molecule has 5 heteroatoms. The van der Waals surface area contributed by atoms with Gasteiger partial charge in [-0.25, -0.2) is 4.89 Å². The molecule has 0 aromatic heterocycles. The second-order valence-electron chi connectivity index (χ2n) is 5.95. The Labute approximate surface area is 92.9 Å². The average Bonchev–Trinajstić information content (AvgIpc) is 1.92. The summed E-state index contributed by atoms with van der Waals surface area (Å²) in [4.78, 5) is 10.2. The summed E-state index contributed by atoms with van der Waals surface area (Å²) in [5.74, 6) is -1.01. The van der Waals surface area contributed by atoms with Crippen LogP contribution in [-0.4, -0.2) is 27.5 Å². The lowest BCUT2D eigenvalue weighted by atomic mass is 9.87. The highest BCUT2D eigenvalue weighted by Gasteiger charge is 2.60. The van der Waals surface area contributed by atoms with Crippen molar-refractivity contribution < 1.29 is 18.9 Å². The normalized spacial score (nSPS) is 32.6. The van der Waals surface area contributed by atoms with Gasteiger partial charge < -0.3 is 9.16 Å². The lowest BCUT2D eigenvalue weighted by Gasteiger charge is -2.51. The second-order valence-corrected chi connectivity index (χ2v) is 10.4. The van der Waals surface area contributed by atoms with E-state index in [2.05, 4.69) is 40.4 Å². The minimum absolute atomic E-state index is 0.0755. The molecule has 0 amide bonds. The highest BCUT2D eigenvalue weighted by Crippen LogP contribution is 2.44. The van der Waals surface area contributed by atoms with Crippen LogP contribution in [0.3, 0.4) is 0 Å². The van der Waals surface area contributed by atoms with E-state index in [-0.39, 0.29) is 11.5 Å². The lowest BCUT2D eigenvalue weighted by molar-refractivity contribution is -0.633. The number of hydrogen-bond acceptors (Lipinski definition) is 4. The largest absolute Gasteiger partial charge is 0.366 e. The van der Waals surface area contributed by atoms with Crippen LogP contribution in [0.5, 0.6) is 0 Å². The maximum atomic E-state index is 5.92. The summed E-state index contributed by atoms with van der Waals surface area (Å²) in [5.41, 5.74) is -0.0755. The summed E-state index contributed by atoms with van der Waals surface area (Å²) >= 11 is 0. The number of ether oxygens (including phenoxy) is 1. The van der Waals surface area contributed by atoms with Crippen LogP contribution < -0.4 is 0 Å². The molecule has 1 saturated heterocycles. The third-order valence-corrected chi connectivity index (χ3v) is 3.00. The predicted octanol–water partition coefficient (Wildman–Crippen LogP) is 2.51. The average molecular weight is 234 g/mol. The first-order valence-corrected chi connectivity index (χ1v) is 8.61. The van der Waals surface area contributed by atoms with Gasteiger partial charge in [0.25, 0.3) is 0 Å². The van der Waals surface area contributed by atoms with E-state index in [9.17, 15) is 0 Å². The maximum absolute atomic E-state index is 5.92. The highest BCUT2D eigenvalue weighted by molar-refractivity contribution is 6.69. The Morgan fingerprint density at radius 3 is 1.93 bits per heavy atom. The van der Waals surface area contributed by atoms with Gasteiger partial charge in [0.2, 0.25) is 0 Å². The molecule has 0 aromatic rings. The molecule has 0 spiro atoms. The summed E-state index contributed by atoms with van der Waals surface area (Å²) in [5, 5.41) is 0. The Balaban J connectivity index is 2.79. The van der Waals surface area contributed by atoms with Crippen LogP contribution in [0.4, 0.5) is 0 Å². The molecular weight excluding hydrogens is 212 g/mol. The predicted molar refractivity (Wildman–Crippen MR) is 59.6 cm³/mol. The molecule has 2 unspecified atom stereocenters. The smallest absolute Gasteiger partial charge is 0.333 e. The van der Waals surface area contributed by atoms with Crippen LogP contribution in [0.1, 0.15) is 20.8 Å². The summed E-state index contributed by atoms with van der Waals surface area (Å²) in [6.45, 7) is 12.5. The molecule has 0 bridgehead atoms. The van der Waals surface area contributed by atoms with E-state index in [4.69, 9.17) is 18.9 Å². The zero-order valence-corrected chi connectivity index (χ0v) is 11.7. The van der Waals surface area contributed by atoms with Crippen molar-refractivity contribution in [1.29, 1.82) is 0 Å². The van der Waals surface area contributed by atoms with Gasteiger partial charge in [-0.15, -0.1) is 0 Å². The molecule has 1 aliphatic rings. The first-order valence-electron chi connectivity index (χ1n) is 5.20. The first-order chi connectivity index (χ1) is 6.61. The fourth-order valence-corrected chi connectivity index (χ4v) is 2.61. The van der Waals surface area contributed by atoms with Crippen molar-refractivity contribution in [2.75, 3.05) is 7.11 Å². The van der Waals surface area contributed by atoms with Crippen molar-refractivity contribution in [3.05, 3.63) is 0 Å². The molecule has 0 N–H and O–H groups in total. The van der Waals surface area contributed by atoms with Crippen LogP contribution in [0.25, 0.3) is 0 Å². The third-order valence-electron chi connectivity index (χ3n) is 2.10. The summed E-state index contributed by atoms with van der Waals surface area (Å²) in [6, 6.07) is 0. The van der Waals surface area contributed by atoms with Gasteiger partial charge in [0.1, 0.15) is 0 Å². The van der Waals surface area contributed by atoms with Crippen molar-refractivity contribution in [3.8, 4) is 0 Å². The molecule has 1 heterocycles. The monoisotopic (exact) mass is 234 g/mol. The van der Waals surface area contributed by atoms with E-state index in [0.29, 0.717) is 0 Å². The standard InChI is InChI=1S/C10H22O4Si/c1-9(2,3)8-10(11-4,13-12-8)14-15(5,6)7/h8H,1-7H3. The van der Waals surface area contributed by atoms with Gasteiger partial charge in [-0.2, -0.15) is 4.89 Å². The third kappa shape index (κ3) is 2.79. The van der Waals surface area contributed by atoms with Crippen LogP contribution in [0.2, 0.25) is 19.6 Å². The van der Waals surface area contributed by atoms with Gasteiger partial charge in [-0.05, 0) is 25.1 Å². The van der Waals surface area contributed by atoms with E-state index in [1.54, 1.807) is 7.11 Å². The van der Waals surface area contributed by atoms with Gasteiger partial charge in [0.15, 0.2) is 14.4 Å². The summed E-state index contributed by atoms with van der Waals surface area (Å²) in [7, 11) is -0.149. The zero-order chi connectivity index (χ0) is 11.9. The van der Waals surface area contributed by atoms with E-state index in [1.165, 1.54) is 0 Å². The Bertz CT molecular complexity index is 227. The summed E-state index contributed by atoms with van der Waals surface area (Å²) < 4.78 is 11.3. The van der Waals surface area contributed by atoms with E-state index in [0.717, 1.165) is 0 Å². The van der Waals surface area contributed by atoms with Crippen LogP contribution in [0, 0.1) is 5.41 Å². The van der Waals surface area contributed by atoms with Crippen molar-refractivity contribution in [1.82, 2.24) is 0 Å². The van der Waals surface area contributed by atoms with Crippen molar-refractivity contribution in [3.63, 3.8) is 0 Å². The SMILES string of the molecule is COC1(O[Si](C)(C)C)OOC1C(C)(C)C.